The Bertz CT molecular complexity index is 684. The van der Waals surface area contributed by atoms with Gasteiger partial charge < -0.3 is 15.8 Å². The zero-order valence-corrected chi connectivity index (χ0v) is 14.8. The van der Waals surface area contributed by atoms with Crippen molar-refractivity contribution in [3.8, 4) is 11.5 Å². The Labute approximate surface area is 148 Å². The highest BCUT2D eigenvalue weighted by Crippen LogP contribution is 2.30. The summed E-state index contributed by atoms with van der Waals surface area (Å²) in [6, 6.07) is 12.6. The first kappa shape index (κ1) is 18.3. The van der Waals surface area contributed by atoms with Gasteiger partial charge in [-0.05, 0) is 54.8 Å². The summed E-state index contributed by atoms with van der Waals surface area (Å²) in [6.45, 7) is 6.28. The van der Waals surface area contributed by atoms with E-state index in [4.69, 9.17) is 22.1 Å². The molecule has 0 aliphatic carbocycles. The summed E-state index contributed by atoms with van der Waals surface area (Å²) < 4.78 is 5.75. The predicted octanol–water partition coefficient (Wildman–Crippen LogP) is 4.37. The minimum absolute atomic E-state index is 0.353. The lowest BCUT2D eigenvalue weighted by atomic mass is 10.1. The van der Waals surface area contributed by atoms with E-state index < -0.39 is 5.91 Å². The third kappa shape index (κ3) is 5.55. The van der Waals surface area contributed by atoms with Crippen LogP contribution in [0, 0.1) is 5.92 Å². The number of benzene rings is 2. The van der Waals surface area contributed by atoms with Crippen LogP contribution in [0.3, 0.4) is 0 Å². The van der Waals surface area contributed by atoms with Crippen LogP contribution in [0.1, 0.15) is 36.2 Å². The molecule has 128 valence electrons. The molecule has 0 bridgehead atoms. The number of carbonyl (C=O) groups is 1. The van der Waals surface area contributed by atoms with E-state index in [2.05, 4.69) is 19.2 Å². The maximum Gasteiger partial charge on any atom is 0.248 e. The highest BCUT2D eigenvalue weighted by atomic mass is 35.5. The van der Waals surface area contributed by atoms with E-state index in [1.54, 1.807) is 12.1 Å². The maximum atomic E-state index is 11.1. The van der Waals surface area contributed by atoms with E-state index >= 15 is 0 Å². The molecule has 5 heteroatoms. The van der Waals surface area contributed by atoms with Crippen molar-refractivity contribution in [2.75, 3.05) is 6.54 Å². The van der Waals surface area contributed by atoms with Gasteiger partial charge in [0.05, 0.1) is 5.02 Å². The van der Waals surface area contributed by atoms with Gasteiger partial charge in [-0.1, -0.05) is 37.6 Å². The molecule has 2 aromatic rings. The summed E-state index contributed by atoms with van der Waals surface area (Å²) in [5, 5.41) is 3.77. The Morgan fingerprint density at radius 1 is 1.21 bits per heavy atom. The number of nitrogens with one attached hydrogen (secondary N) is 1. The smallest absolute Gasteiger partial charge is 0.248 e. The Balaban J connectivity index is 1.93. The molecule has 0 aromatic heterocycles. The molecule has 0 heterocycles. The van der Waals surface area contributed by atoms with Gasteiger partial charge in [-0.2, -0.15) is 0 Å². The Morgan fingerprint density at radius 3 is 2.50 bits per heavy atom. The number of ether oxygens (including phenoxy) is 1. The van der Waals surface area contributed by atoms with Crippen molar-refractivity contribution >= 4 is 17.5 Å². The van der Waals surface area contributed by atoms with Crippen LogP contribution in [-0.2, 0) is 6.54 Å². The van der Waals surface area contributed by atoms with Crippen LogP contribution in [0.2, 0.25) is 5.02 Å². The number of hydrogen-bond acceptors (Lipinski definition) is 3. The first-order valence-electron chi connectivity index (χ1n) is 8.02. The van der Waals surface area contributed by atoms with Crippen molar-refractivity contribution in [3.63, 3.8) is 0 Å². The Morgan fingerprint density at radius 2 is 1.92 bits per heavy atom. The van der Waals surface area contributed by atoms with E-state index in [-0.39, 0.29) is 0 Å². The molecular weight excluding hydrogens is 324 g/mol. The third-order valence-corrected chi connectivity index (χ3v) is 3.89. The fourth-order valence-corrected chi connectivity index (χ4v) is 2.38. The Kier molecular flexibility index (Phi) is 6.64. The summed E-state index contributed by atoms with van der Waals surface area (Å²) in [6.07, 6.45) is 1.17. The average molecular weight is 347 g/mol. The van der Waals surface area contributed by atoms with E-state index in [0.717, 1.165) is 13.1 Å². The minimum atomic E-state index is -0.516. The molecule has 4 nitrogen and oxygen atoms in total. The van der Waals surface area contributed by atoms with Crippen LogP contribution in [0.15, 0.2) is 42.5 Å². The second kappa shape index (κ2) is 8.71. The van der Waals surface area contributed by atoms with Crippen molar-refractivity contribution < 1.29 is 9.53 Å². The number of rotatable bonds is 8. The van der Waals surface area contributed by atoms with Gasteiger partial charge in [-0.15, -0.1) is 0 Å². The van der Waals surface area contributed by atoms with Gasteiger partial charge in [0.1, 0.15) is 11.5 Å². The molecule has 0 unspecified atom stereocenters. The maximum absolute atomic E-state index is 11.1. The second-order valence-corrected chi connectivity index (χ2v) is 6.52. The monoisotopic (exact) mass is 346 g/mol. The highest BCUT2D eigenvalue weighted by Gasteiger charge is 2.07. The molecule has 0 atom stereocenters. The van der Waals surface area contributed by atoms with Gasteiger partial charge in [0, 0.05) is 12.1 Å². The molecule has 0 spiro atoms. The third-order valence-electron chi connectivity index (χ3n) is 3.60. The summed E-state index contributed by atoms with van der Waals surface area (Å²) in [7, 11) is 0. The Hall–Kier alpha value is -2.04. The largest absolute Gasteiger partial charge is 0.456 e. The number of amides is 1. The van der Waals surface area contributed by atoms with Crippen LogP contribution in [0.4, 0.5) is 0 Å². The van der Waals surface area contributed by atoms with Crippen molar-refractivity contribution in [1.29, 1.82) is 0 Å². The number of halogens is 1. The van der Waals surface area contributed by atoms with Gasteiger partial charge in [-0.3, -0.25) is 4.79 Å². The molecule has 0 radical (unpaired) electrons. The average Bonchev–Trinajstić information content (AvgIpc) is 2.54. The topological polar surface area (TPSA) is 64.3 Å². The minimum Gasteiger partial charge on any atom is -0.456 e. The normalized spacial score (nSPS) is 10.8. The molecule has 3 N–H and O–H groups in total. The standard InChI is InChI=1S/C19H23ClN2O2/c1-13(2)9-10-22-12-14-3-6-16(7-4-14)24-18-8-5-15(19(21)23)11-17(18)20/h3-8,11,13,22H,9-10,12H2,1-2H3,(H2,21,23). The van der Waals surface area contributed by atoms with Gasteiger partial charge in [-0.25, -0.2) is 0 Å². The molecule has 0 aliphatic rings. The van der Waals surface area contributed by atoms with E-state index in [9.17, 15) is 4.79 Å². The number of carbonyl (C=O) groups excluding carboxylic acids is 1. The van der Waals surface area contributed by atoms with Crippen molar-refractivity contribution in [1.82, 2.24) is 5.32 Å². The van der Waals surface area contributed by atoms with Crippen LogP contribution >= 0.6 is 11.6 Å². The van der Waals surface area contributed by atoms with Crippen LogP contribution in [0.5, 0.6) is 11.5 Å². The fraction of sp³-hybridized carbons (Fsp3) is 0.316. The molecule has 0 saturated carbocycles. The first-order chi connectivity index (χ1) is 11.5. The molecule has 0 aliphatic heterocycles. The molecule has 0 saturated heterocycles. The van der Waals surface area contributed by atoms with Gasteiger partial charge in [0.15, 0.2) is 0 Å². The number of primary amides is 1. The van der Waals surface area contributed by atoms with Gasteiger partial charge in [0.25, 0.3) is 0 Å². The van der Waals surface area contributed by atoms with Gasteiger partial charge in [0.2, 0.25) is 5.91 Å². The van der Waals surface area contributed by atoms with Gasteiger partial charge >= 0.3 is 0 Å². The lowest BCUT2D eigenvalue weighted by molar-refractivity contribution is 0.100. The second-order valence-electron chi connectivity index (χ2n) is 6.11. The lowest BCUT2D eigenvalue weighted by Crippen LogP contribution is -2.16. The summed E-state index contributed by atoms with van der Waals surface area (Å²) in [5.74, 6) is 1.37. The van der Waals surface area contributed by atoms with Crippen molar-refractivity contribution in [2.45, 2.75) is 26.8 Å². The van der Waals surface area contributed by atoms with Crippen LogP contribution in [-0.4, -0.2) is 12.5 Å². The quantitative estimate of drug-likeness (QED) is 0.698. The summed E-state index contributed by atoms with van der Waals surface area (Å²) >= 11 is 6.12. The molecule has 2 aromatic carbocycles. The first-order valence-corrected chi connectivity index (χ1v) is 8.40. The lowest BCUT2D eigenvalue weighted by Gasteiger charge is -2.10. The molecule has 2 rings (SSSR count). The number of nitrogens with two attached hydrogens (primary N) is 1. The van der Waals surface area contributed by atoms with Crippen LogP contribution in [0.25, 0.3) is 0 Å². The van der Waals surface area contributed by atoms with E-state index in [1.165, 1.54) is 18.1 Å². The van der Waals surface area contributed by atoms with E-state index in [1.807, 2.05) is 24.3 Å². The summed E-state index contributed by atoms with van der Waals surface area (Å²) in [4.78, 5) is 11.1. The van der Waals surface area contributed by atoms with Crippen LogP contribution < -0.4 is 15.8 Å². The highest BCUT2D eigenvalue weighted by molar-refractivity contribution is 6.32. The fourth-order valence-electron chi connectivity index (χ4n) is 2.16. The summed E-state index contributed by atoms with van der Waals surface area (Å²) in [5.41, 5.74) is 6.78. The SMILES string of the molecule is CC(C)CCNCc1ccc(Oc2ccc(C(N)=O)cc2Cl)cc1. The van der Waals surface area contributed by atoms with Crippen molar-refractivity contribution in [3.05, 3.63) is 58.6 Å². The number of hydrogen-bond donors (Lipinski definition) is 2. The zero-order valence-electron chi connectivity index (χ0n) is 14.0. The predicted molar refractivity (Wildman–Crippen MR) is 97.6 cm³/mol. The zero-order chi connectivity index (χ0) is 17.5. The molecule has 24 heavy (non-hydrogen) atoms. The molecular formula is C19H23ClN2O2. The van der Waals surface area contributed by atoms with Crippen molar-refractivity contribution in [2.24, 2.45) is 11.7 Å². The van der Waals surface area contributed by atoms with E-state index in [0.29, 0.717) is 28.0 Å². The molecule has 1 amide bonds. The molecule has 0 fully saturated rings.